The fourth-order valence-electron chi connectivity index (χ4n) is 1.69. The van der Waals surface area contributed by atoms with E-state index in [1.165, 1.54) is 19.3 Å². The van der Waals surface area contributed by atoms with E-state index < -0.39 is 0 Å². The Morgan fingerprint density at radius 1 is 1.21 bits per heavy atom. The number of nitrogens with two attached hydrogens (primary N) is 1. The number of hydrogen-bond donors (Lipinski definition) is 1. The van der Waals surface area contributed by atoms with Crippen molar-refractivity contribution in [2.24, 2.45) is 17.6 Å². The topological polar surface area (TPSA) is 43.1 Å². The average molecular weight is 199 g/mol. The summed E-state index contributed by atoms with van der Waals surface area (Å²) in [6.45, 7) is 6.83. The summed E-state index contributed by atoms with van der Waals surface area (Å²) < 4.78 is 0. The van der Waals surface area contributed by atoms with Gasteiger partial charge in [0.05, 0.1) is 0 Å². The molecule has 2 N–H and O–H groups in total. The molecule has 0 aromatic carbocycles. The molecule has 2 nitrogen and oxygen atoms in total. The molecule has 84 valence electrons. The van der Waals surface area contributed by atoms with Crippen LogP contribution in [-0.4, -0.2) is 12.3 Å². The standard InChI is InChI=1S/C12H25NO/c1-4-5-6-7-8-12(14)11(9-13)10(2)3/h10-11H,4-9,13H2,1-3H3. The van der Waals surface area contributed by atoms with Gasteiger partial charge >= 0.3 is 0 Å². The summed E-state index contributed by atoms with van der Waals surface area (Å²) in [5.74, 6) is 0.828. The molecule has 0 aliphatic heterocycles. The molecule has 1 atom stereocenters. The van der Waals surface area contributed by atoms with Crippen molar-refractivity contribution in [2.45, 2.75) is 52.9 Å². The smallest absolute Gasteiger partial charge is 0.137 e. The molecule has 0 bridgehead atoms. The second-order valence-electron chi connectivity index (χ2n) is 4.36. The molecule has 0 saturated heterocycles. The van der Waals surface area contributed by atoms with Crippen LogP contribution in [0.2, 0.25) is 0 Å². The number of unbranched alkanes of at least 4 members (excludes halogenated alkanes) is 3. The molecule has 2 heteroatoms. The van der Waals surface area contributed by atoms with Crippen molar-refractivity contribution in [3.8, 4) is 0 Å². The van der Waals surface area contributed by atoms with Crippen LogP contribution >= 0.6 is 0 Å². The van der Waals surface area contributed by atoms with E-state index in [-0.39, 0.29) is 5.92 Å². The Morgan fingerprint density at radius 2 is 1.86 bits per heavy atom. The Morgan fingerprint density at radius 3 is 2.29 bits per heavy atom. The first kappa shape index (κ1) is 13.6. The molecular weight excluding hydrogens is 174 g/mol. The molecule has 0 heterocycles. The van der Waals surface area contributed by atoms with Crippen molar-refractivity contribution >= 4 is 5.78 Å². The molecule has 0 aliphatic rings. The van der Waals surface area contributed by atoms with Crippen molar-refractivity contribution in [3.63, 3.8) is 0 Å². The Bertz CT molecular complexity index is 154. The van der Waals surface area contributed by atoms with E-state index in [0.717, 1.165) is 12.8 Å². The zero-order chi connectivity index (χ0) is 11.0. The molecule has 1 unspecified atom stereocenters. The van der Waals surface area contributed by atoms with Crippen LogP contribution in [0.5, 0.6) is 0 Å². The Balaban J connectivity index is 3.70. The van der Waals surface area contributed by atoms with Crippen LogP contribution in [0, 0.1) is 11.8 Å². The number of ketones is 1. The third-order valence-electron chi connectivity index (χ3n) is 2.75. The van der Waals surface area contributed by atoms with Crippen LogP contribution in [0.25, 0.3) is 0 Å². The number of rotatable bonds is 8. The molecule has 0 aromatic heterocycles. The molecule has 0 spiro atoms. The molecule has 14 heavy (non-hydrogen) atoms. The van der Waals surface area contributed by atoms with Crippen LogP contribution < -0.4 is 5.73 Å². The summed E-state index contributed by atoms with van der Waals surface area (Å²) in [5, 5.41) is 0. The summed E-state index contributed by atoms with van der Waals surface area (Å²) in [7, 11) is 0. The van der Waals surface area contributed by atoms with Gasteiger partial charge in [-0.3, -0.25) is 4.79 Å². The number of carbonyl (C=O) groups is 1. The normalized spacial score (nSPS) is 13.2. The predicted octanol–water partition coefficient (Wildman–Crippen LogP) is 2.76. The van der Waals surface area contributed by atoms with Crippen molar-refractivity contribution < 1.29 is 4.79 Å². The number of carbonyl (C=O) groups excluding carboxylic acids is 1. The van der Waals surface area contributed by atoms with Gasteiger partial charge in [-0.25, -0.2) is 0 Å². The van der Waals surface area contributed by atoms with Crippen molar-refractivity contribution in [1.29, 1.82) is 0 Å². The van der Waals surface area contributed by atoms with Crippen molar-refractivity contribution in [2.75, 3.05) is 6.54 Å². The predicted molar refractivity (Wildman–Crippen MR) is 61.1 cm³/mol. The van der Waals surface area contributed by atoms with Crippen molar-refractivity contribution in [1.82, 2.24) is 0 Å². The molecule has 0 aromatic rings. The maximum atomic E-state index is 11.7. The van der Waals surface area contributed by atoms with Gasteiger partial charge in [0.15, 0.2) is 0 Å². The number of hydrogen-bond acceptors (Lipinski definition) is 2. The zero-order valence-electron chi connectivity index (χ0n) is 9.88. The minimum Gasteiger partial charge on any atom is -0.330 e. The molecule has 0 aliphatic carbocycles. The van der Waals surface area contributed by atoms with E-state index >= 15 is 0 Å². The largest absolute Gasteiger partial charge is 0.330 e. The highest BCUT2D eigenvalue weighted by Crippen LogP contribution is 2.14. The van der Waals surface area contributed by atoms with Gasteiger partial charge in [0, 0.05) is 18.9 Å². The minimum absolute atomic E-state index is 0.0802. The van der Waals surface area contributed by atoms with Gasteiger partial charge in [0.1, 0.15) is 5.78 Å². The summed E-state index contributed by atoms with van der Waals surface area (Å²) in [4.78, 5) is 11.7. The summed E-state index contributed by atoms with van der Waals surface area (Å²) >= 11 is 0. The first-order valence-corrected chi connectivity index (χ1v) is 5.86. The van der Waals surface area contributed by atoms with Crippen LogP contribution in [0.3, 0.4) is 0 Å². The third-order valence-corrected chi connectivity index (χ3v) is 2.75. The van der Waals surface area contributed by atoms with E-state index in [9.17, 15) is 4.79 Å². The molecule has 0 fully saturated rings. The van der Waals surface area contributed by atoms with E-state index in [4.69, 9.17) is 5.73 Å². The molecular formula is C12H25NO. The van der Waals surface area contributed by atoms with Gasteiger partial charge in [-0.1, -0.05) is 40.0 Å². The van der Waals surface area contributed by atoms with Crippen molar-refractivity contribution in [3.05, 3.63) is 0 Å². The average Bonchev–Trinajstić information content (AvgIpc) is 2.13. The lowest BCUT2D eigenvalue weighted by molar-refractivity contribution is -0.123. The second kappa shape index (κ2) is 7.98. The van der Waals surface area contributed by atoms with Gasteiger partial charge in [0.25, 0.3) is 0 Å². The Labute approximate surface area is 88.3 Å². The highest BCUT2D eigenvalue weighted by atomic mass is 16.1. The summed E-state index contributed by atoms with van der Waals surface area (Å²) in [6.07, 6.45) is 5.40. The summed E-state index contributed by atoms with van der Waals surface area (Å²) in [6, 6.07) is 0. The maximum absolute atomic E-state index is 11.7. The maximum Gasteiger partial charge on any atom is 0.137 e. The van der Waals surface area contributed by atoms with Gasteiger partial charge in [0.2, 0.25) is 0 Å². The first-order chi connectivity index (χ1) is 6.63. The van der Waals surface area contributed by atoms with E-state index in [2.05, 4.69) is 20.8 Å². The van der Waals surface area contributed by atoms with E-state index in [1.807, 2.05) is 0 Å². The minimum atomic E-state index is 0.0802. The quantitative estimate of drug-likeness (QED) is 0.611. The third kappa shape index (κ3) is 5.38. The van der Waals surface area contributed by atoms with Crippen LogP contribution in [-0.2, 0) is 4.79 Å². The molecule has 0 amide bonds. The fourth-order valence-corrected chi connectivity index (χ4v) is 1.69. The van der Waals surface area contributed by atoms with Gasteiger partial charge in [-0.05, 0) is 12.3 Å². The summed E-state index contributed by atoms with van der Waals surface area (Å²) in [5.41, 5.74) is 5.58. The Kier molecular flexibility index (Phi) is 7.77. The van der Waals surface area contributed by atoms with Gasteiger partial charge in [-0.2, -0.15) is 0 Å². The Hall–Kier alpha value is -0.370. The lowest BCUT2D eigenvalue weighted by atomic mass is 9.89. The molecule has 0 radical (unpaired) electrons. The monoisotopic (exact) mass is 199 g/mol. The van der Waals surface area contributed by atoms with E-state index in [1.54, 1.807) is 0 Å². The van der Waals surface area contributed by atoms with Gasteiger partial charge in [-0.15, -0.1) is 0 Å². The lowest BCUT2D eigenvalue weighted by Gasteiger charge is -2.17. The van der Waals surface area contributed by atoms with Crippen LogP contribution in [0.15, 0.2) is 0 Å². The van der Waals surface area contributed by atoms with E-state index in [0.29, 0.717) is 18.2 Å². The highest BCUT2D eigenvalue weighted by molar-refractivity contribution is 5.81. The molecule has 0 saturated carbocycles. The highest BCUT2D eigenvalue weighted by Gasteiger charge is 2.19. The SMILES string of the molecule is CCCCCCC(=O)C(CN)C(C)C. The molecule has 0 rings (SSSR count). The second-order valence-corrected chi connectivity index (χ2v) is 4.36. The van der Waals surface area contributed by atoms with Gasteiger partial charge < -0.3 is 5.73 Å². The van der Waals surface area contributed by atoms with Crippen LogP contribution in [0.4, 0.5) is 0 Å². The first-order valence-electron chi connectivity index (χ1n) is 5.86. The lowest BCUT2D eigenvalue weighted by Crippen LogP contribution is -2.28. The fraction of sp³-hybridized carbons (Fsp3) is 0.917. The van der Waals surface area contributed by atoms with Crippen LogP contribution in [0.1, 0.15) is 52.9 Å². The number of Topliss-reactive ketones (excluding diaryl/α,β-unsaturated/α-hetero) is 1. The zero-order valence-corrected chi connectivity index (χ0v) is 9.88.